The molecule has 0 saturated carbocycles. The molecule has 1 saturated heterocycles. The number of hydrogen-bond acceptors (Lipinski definition) is 7. The van der Waals surface area contributed by atoms with E-state index in [4.69, 9.17) is 4.98 Å². The molecule has 4 rings (SSSR count). The van der Waals surface area contributed by atoms with E-state index in [0.717, 1.165) is 44.4 Å². The average Bonchev–Trinajstić information content (AvgIpc) is 2.93. The largest absolute Gasteiger partial charge is 0.364 e. The Balaban J connectivity index is 1.63. The number of anilines is 2. The van der Waals surface area contributed by atoms with E-state index in [-0.39, 0.29) is 0 Å². The standard InChI is InChI=1S/C21H27N7/c1-15-5-6-17(13-16(15)2)14-24-20-18-19(23-8-7-22-18)25-21(26-20)28-10-4-9-27(3)11-12-28/h5-8,13H,4,9-12,14H2,1-3H3,(H,23,24,25,26). The first kappa shape index (κ1) is 18.6. The van der Waals surface area contributed by atoms with Gasteiger partial charge in [0.1, 0.15) is 0 Å². The molecule has 1 aliphatic rings. The number of fused-ring (bicyclic) bond motifs is 1. The van der Waals surface area contributed by atoms with Crippen LogP contribution in [0.5, 0.6) is 0 Å². The van der Waals surface area contributed by atoms with Gasteiger partial charge < -0.3 is 15.1 Å². The van der Waals surface area contributed by atoms with Crippen molar-refractivity contribution in [1.82, 2.24) is 24.8 Å². The highest BCUT2D eigenvalue weighted by atomic mass is 15.3. The number of aromatic nitrogens is 4. The first-order valence-corrected chi connectivity index (χ1v) is 9.82. The molecule has 1 aliphatic heterocycles. The number of benzene rings is 1. The fourth-order valence-corrected chi connectivity index (χ4v) is 3.46. The van der Waals surface area contributed by atoms with Crippen molar-refractivity contribution < 1.29 is 0 Å². The van der Waals surface area contributed by atoms with E-state index in [0.29, 0.717) is 17.7 Å². The Hall–Kier alpha value is -2.80. The van der Waals surface area contributed by atoms with Gasteiger partial charge >= 0.3 is 0 Å². The Morgan fingerprint density at radius 2 is 1.82 bits per heavy atom. The summed E-state index contributed by atoms with van der Waals surface area (Å²) < 4.78 is 0. The zero-order valence-electron chi connectivity index (χ0n) is 16.8. The van der Waals surface area contributed by atoms with Crippen LogP contribution in [0.3, 0.4) is 0 Å². The Bertz CT molecular complexity index is 972. The van der Waals surface area contributed by atoms with Gasteiger partial charge in [0.2, 0.25) is 5.95 Å². The molecule has 0 atom stereocenters. The van der Waals surface area contributed by atoms with E-state index in [1.54, 1.807) is 12.4 Å². The SMILES string of the molecule is Cc1ccc(CNc2nc(N3CCCN(C)CC3)nc3nccnc23)cc1C. The lowest BCUT2D eigenvalue weighted by Crippen LogP contribution is -2.30. The Kier molecular flexibility index (Phi) is 5.34. The summed E-state index contributed by atoms with van der Waals surface area (Å²) in [4.78, 5) is 23.0. The van der Waals surface area contributed by atoms with E-state index < -0.39 is 0 Å². The highest BCUT2D eigenvalue weighted by Gasteiger charge is 2.18. The molecular weight excluding hydrogens is 350 g/mol. The first-order chi connectivity index (χ1) is 13.6. The fourth-order valence-electron chi connectivity index (χ4n) is 3.46. The van der Waals surface area contributed by atoms with Gasteiger partial charge in [0, 0.05) is 38.6 Å². The first-order valence-electron chi connectivity index (χ1n) is 9.82. The van der Waals surface area contributed by atoms with Gasteiger partial charge in [-0.3, -0.25) is 0 Å². The summed E-state index contributed by atoms with van der Waals surface area (Å²) in [6.45, 7) is 8.93. The molecule has 0 bridgehead atoms. The molecule has 0 spiro atoms. The van der Waals surface area contributed by atoms with E-state index in [1.807, 2.05) is 0 Å². The Morgan fingerprint density at radius 3 is 2.68 bits per heavy atom. The molecule has 0 radical (unpaired) electrons. The number of hydrogen-bond donors (Lipinski definition) is 1. The van der Waals surface area contributed by atoms with Crippen LogP contribution in [-0.4, -0.2) is 58.1 Å². The molecule has 2 aromatic heterocycles. The number of nitrogens with zero attached hydrogens (tertiary/aromatic N) is 6. The summed E-state index contributed by atoms with van der Waals surface area (Å²) in [7, 11) is 2.16. The third kappa shape index (κ3) is 4.04. The normalized spacial score (nSPS) is 15.6. The van der Waals surface area contributed by atoms with Crippen LogP contribution < -0.4 is 10.2 Å². The summed E-state index contributed by atoms with van der Waals surface area (Å²) in [6, 6.07) is 6.52. The number of nitrogens with one attached hydrogen (secondary N) is 1. The molecule has 1 aromatic carbocycles. The van der Waals surface area contributed by atoms with Crippen LogP contribution in [-0.2, 0) is 6.54 Å². The van der Waals surface area contributed by atoms with Gasteiger partial charge in [-0.05, 0) is 50.6 Å². The summed E-state index contributed by atoms with van der Waals surface area (Å²) in [5, 5.41) is 3.46. The molecule has 7 nitrogen and oxygen atoms in total. The maximum atomic E-state index is 4.83. The van der Waals surface area contributed by atoms with Crippen molar-refractivity contribution in [2.24, 2.45) is 0 Å². The molecule has 1 fully saturated rings. The second-order valence-corrected chi connectivity index (χ2v) is 7.52. The predicted octanol–water partition coefficient (Wildman–Crippen LogP) is 2.79. The molecule has 3 heterocycles. The van der Waals surface area contributed by atoms with E-state index in [1.165, 1.54) is 16.7 Å². The van der Waals surface area contributed by atoms with Crippen molar-refractivity contribution in [2.45, 2.75) is 26.8 Å². The van der Waals surface area contributed by atoms with Gasteiger partial charge in [-0.2, -0.15) is 9.97 Å². The highest BCUT2D eigenvalue weighted by Crippen LogP contribution is 2.22. The van der Waals surface area contributed by atoms with Crippen molar-refractivity contribution in [3.8, 4) is 0 Å². The molecule has 0 amide bonds. The molecule has 3 aromatic rings. The maximum absolute atomic E-state index is 4.83. The van der Waals surface area contributed by atoms with Crippen LogP contribution >= 0.6 is 0 Å². The lowest BCUT2D eigenvalue weighted by molar-refractivity contribution is 0.360. The number of rotatable bonds is 4. The maximum Gasteiger partial charge on any atom is 0.229 e. The lowest BCUT2D eigenvalue weighted by Gasteiger charge is -2.21. The third-order valence-corrected chi connectivity index (χ3v) is 5.35. The molecule has 0 unspecified atom stereocenters. The summed E-state index contributed by atoms with van der Waals surface area (Å²) in [5.41, 5.74) is 5.16. The molecule has 0 aliphatic carbocycles. The van der Waals surface area contributed by atoms with Crippen molar-refractivity contribution >= 4 is 22.9 Å². The van der Waals surface area contributed by atoms with E-state index >= 15 is 0 Å². The van der Waals surface area contributed by atoms with Crippen LogP contribution in [0.1, 0.15) is 23.1 Å². The van der Waals surface area contributed by atoms with Crippen LogP contribution in [0.2, 0.25) is 0 Å². The van der Waals surface area contributed by atoms with Gasteiger partial charge in [-0.1, -0.05) is 18.2 Å². The number of aryl methyl sites for hydroxylation is 2. The van der Waals surface area contributed by atoms with Crippen LogP contribution in [0.4, 0.5) is 11.8 Å². The fraction of sp³-hybridized carbons (Fsp3) is 0.429. The predicted molar refractivity (Wildman–Crippen MR) is 113 cm³/mol. The summed E-state index contributed by atoms with van der Waals surface area (Å²) >= 11 is 0. The van der Waals surface area contributed by atoms with E-state index in [9.17, 15) is 0 Å². The van der Waals surface area contributed by atoms with Crippen LogP contribution in [0.25, 0.3) is 11.2 Å². The Labute approximate surface area is 165 Å². The molecule has 146 valence electrons. The molecular formula is C21H27N7. The van der Waals surface area contributed by atoms with Crippen LogP contribution in [0.15, 0.2) is 30.6 Å². The minimum absolute atomic E-state index is 0.632. The zero-order valence-corrected chi connectivity index (χ0v) is 16.8. The smallest absolute Gasteiger partial charge is 0.229 e. The monoisotopic (exact) mass is 377 g/mol. The van der Waals surface area contributed by atoms with Gasteiger partial charge in [0.15, 0.2) is 17.0 Å². The third-order valence-electron chi connectivity index (χ3n) is 5.35. The van der Waals surface area contributed by atoms with Crippen molar-refractivity contribution in [2.75, 3.05) is 43.4 Å². The quantitative estimate of drug-likeness (QED) is 0.750. The van der Waals surface area contributed by atoms with Gasteiger partial charge in [-0.15, -0.1) is 0 Å². The van der Waals surface area contributed by atoms with Gasteiger partial charge in [-0.25, -0.2) is 9.97 Å². The molecule has 7 heteroatoms. The minimum Gasteiger partial charge on any atom is -0.364 e. The molecule has 1 N–H and O–H groups in total. The molecule has 28 heavy (non-hydrogen) atoms. The number of likely N-dealkylation sites (N-methyl/N-ethyl adjacent to an activating group) is 1. The Morgan fingerprint density at radius 1 is 0.964 bits per heavy atom. The summed E-state index contributed by atoms with van der Waals surface area (Å²) in [6.07, 6.45) is 4.47. The highest BCUT2D eigenvalue weighted by molar-refractivity contribution is 5.83. The summed E-state index contributed by atoms with van der Waals surface area (Å²) in [5.74, 6) is 1.47. The van der Waals surface area contributed by atoms with Crippen molar-refractivity contribution in [3.05, 3.63) is 47.3 Å². The lowest BCUT2D eigenvalue weighted by atomic mass is 10.1. The van der Waals surface area contributed by atoms with Crippen molar-refractivity contribution in [1.29, 1.82) is 0 Å². The second-order valence-electron chi connectivity index (χ2n) is 7.52. The van der Waals surface area contributed by atoms with Crippen molar-refractivity contribution in [3.63, 3.8) is 0 Å². The van der Waals surface area contributed by atoms with Crippen LogP contribution in [0, 0.1) is 13.8 Å². The van der Waals surface area contributed by atoms with Gasteiger partial charge in [0.25, 0.3) is 0 Å². The topological polar surface area (TPSA) is 70.1 Å². The second kappa shape index (κ2) is 8.06. The van der Waals surface area contributed by atoms with Gasteiger partial charge in [0.05, 0.1) is 0 Å². The zero-order chi connectivity index (χ0) is 19.5. The average molecular weight is 377 g/mol. The van der Waals surface area contributed by atoms with E-state index in [2.05, 4.69) is 69.2 Å². The minimum atomic E-state index is 0.632.